The van der Waals surface area contributed by atoms with Crippen molar-refractivity contribution in [1.82, 2.24) is 0 Å². The molecule has 3 heteroatoms. The number of hydrogen-bond donors (Lipinski definition) is 0. The zero-order chi connectivity index (χ0) is 28.3. The molecule has 3 nitrogen and oxygen atoms in total. The number of ether oxygens (including phenoxy) is 2. The maximum atomic E-state index is 12.6. The summed E-state index contributed by atoms with van der Waals surface area (Å²) in [5.74, 6) is 2.95. The van der Waals surface area contributed by atoms with Crippen LogP contribution in [0.3, 0.4) is 0 Å². The van der Waals surface area contributed by atoms with Gasteiger partial charge in [-0.25, -0.2) is 4.79 Å². The minimum absolute atomic E-state index is 0.327. The first-order valence-corrected chi connectivity index (χ1v) is 16.7. The molecule has 0 aliphatic heterocycles. The van der Waals surface area contributed by atoms with Crippen LogP contribution in [0.25, 0.3) is 0 Å². The lowest BCUT2D eigenvalue weighted by molar-refractivity contribution is 0.0734. The van der Waals surface area contributed by atoms with E-state index in [2.05, 4.69) is 26.0 Å². The first kappa shape index (κ1) is 32.2. The van der Waals surface area contributed by atoms with Crippen molar-refractivity contribution >= 4 is 5.97 Å². The molecule has 0 unspecified atom stereocenters. The largest absolute Gasteiger partial charge is 0.494 e. The summed E-state index contributed by atoms with van der Waals surface area (Å²) in [4.78, 5) is 12.6. The van der Waals surface area contributed by atoms with E-state index in [1.165, 1.54) is 115 Å². The van der Waals surface area contributed by atoms with E-state index in [4.69, 9.17) is 9.47 Å². The number of benzene rings is 2. The summed E-state index contributed by atoms with van der Waals surface area (Å²) in [6, 6.07) is 15.3. The Labute approximate surface area is 245 Å². The SMILES string of the molecule is CCCCCCCCc1ccc(OC(=O)c2ccc(OCCC[C@H]3CC[C@H](CCCCCCC)CC3)cc2)cc1. The first-order valence-electron chi connectivity index (χ1n) is 16.7. The normalized spacial score (nSPS) is 17.1. The van der Waals surface area contributed by atoms with Crippen LogP contribution < -0.4 is 9.47 Å². The van der Waals surface area contributed by atoms with Gasteiger partial charge in [0.25, 0.3) is 0 Å². The molecule has 0 spiro atoms. The molecule has 0 radical (unpaired) electrons. The zero-order valence-corrected chi connectivity index (χ0v) is 25.6. The van der Waals surface area contributed by atoms with E-state index in [9.17, 15) is 4.79 Å². The number of unbranched alkanes of at least 4 members (excludes halogenated alkanes) is 9. The van der Waals surface area contributed by atoms with Gasteiger partial charge in [0.1, 0.15) is 11.5 Å². The maximum absolute atomic E-state index is 12.6. The highest BCUT2D eigenvalue weighted by atomic mass is 16.5. The Bertz CT molecular complexity index is 909. The molecular formula is C37H56O3. The summed E-state index contributed by atoms with van der Waals surface area (Å²) >= 11 is 0. The summed E-state index contributed by atoms with van der Waals surface area (Å²) in [5.41, 5.74) is 1.85. The highest BCUT2D eigenvalue weighted by Gasteiger charge is 2.20. The van der Waals surface area contributed by atoms with Gasteiger partial charge in [-0.15, -0.1) is 0 Å². The number of aryl methyl sites for hydroxylation is 1. The van der Waals surface area contributed by atoms with Gasteiger partial charge < -0.3 is 9.47 Å². The fourth-order valence-corrected chi connectivity index (χ4v) is 6.09. The van der Waals surface area contributed by atoms with Gasteiger partial charge in [0.05, 0.1) is 12.2 Å². The molecule has 1 saturated carbocycles. The summed E-state index contributed by atoms with van der Waals surface area (Å²) < 4.78 is 11.6. The van der Waals surface area contributed by atoms with Crippen LogP contribution in [0.1, 0.15) is 145 Å². The van der Waals surface area contributed by atoms with Gasteiger partial charge in [0.15, 0.2) is 0 Å². The molecule has 0 bridgehead atoms. The van der Waals surface area contributed by atoms with E-state index in [0.717, 1.165) is 37.0 Å². The molecule has 0 saturated heterocycles. The molecule has 0 atom stereocenters. The van der Waals surface area contributed by atoms with Crippen LogP contribution in [0, 0.1) is 11.8 Å². The van der Waals surface area contributed by atoms with E-state index in [-0.39, 0.29) is 5.97 Å². The van der Waals surface area contributed by atoms with Gasteiger partial charge >= 0.3 is 5.97 Å². The second kappa shape index (κ2) is 19.7. The smallest absolute Gasteiger partial charge is 0.343 e. The molecular weight excluding hydrogens is 492 g/mol. The topological polar surface area (TPSA) is 35.5 Å². The first-order chi connectivity index (χ1) is 19.7. The van der Waals surface area contributed by atoms with Crippen molar-refractivity contribution in [3.63, 3.8) is 0 Å². The van der Waals surface area contributed by atoms with Crippen LogP contribution in [0.4, 0.5) is 0 Å². The van der Waals surface area contributed by atoms with Gasteiger partial charge in [-0.1, -0.05) is 122 Å². The van der Waals surface area contributed by atoms with Gasteiger partial charge in [-0.3, -0.25) is 0 Å². The van der Waals surface area contributed by atoms with E-state index >= 15 is 0 Å². The Hall–Kier alpha value is -2.29. The Morgan fingerprint density at radius 1 is 0.625 bits per heavy atom. The van der Waals surface area contributed by atoms with E-state index in [0.29, 0.717) is 11.3 Å². The van der Waals surface area contributed by atoms with E-state index in [1.807, 2.05) is 24.3 Å². The van der Waals surface area contributed by atoms with Crippen LogP contribution in [-0.4, -0.2) is 12.6 Å². The number of esters is 1. The van der Waals surface area contributed by atoms with Gasteiger partial charge in [-0.2, -0.15) is 0 Å². The third-order valence-electron chi connectivity index (χ3n) is 8.75. The molecule has 0 amide bonds. The molecule has 1 fully saturated rings. The monoisotopic (exact) mass is 548 g/mol. The van der Waals surface area contributed by atoms with Crippen molar-refractivity contribution < 1.29 is 14.3 Å². The summed E-state index contributed by atoms with van der Waals surface area (Å²) in [7, 11) is 0. The number of hydrogen-bond acceptors (Lipinski definition) is 3. The van der Waals surface area contributed by atoms with Gasteiger partial charge in [0.2, 0.25) is 0 Å². The van der Waals surface area contributed by atoms with Crippen LogP contribution in [0.15, 0.2) is 48.5 Å². The van der Waals surface area contributed by atoms with E-state index < -0.39 is 0 Å². The van der Waals surface area contributed by atoms with Crippen molar-refractivity contribution in [1.29, 1.82) is 0 Å². The van der Waals surface area contributed by atoms with Crippen LogP contribution >= 0.6 is 0 Å². The minimum atomic E-state index is -0.327. The average Bonchev–Trinajstić information content (AvgIpc) is 2.99. The molecule has 3 rings (SSSR count). The Morgan fingerprint density at radius 3 is 1.77 bits per heavy atom. The summed E-state index contributed by atoms with van der Waals surface area (Å²) in [6.07, 6.45) is 25.4. The molecule has 1 aliphatic carbocycles. The lowest BCUT2D eigenvalue weighted by Gasteiger charge is -2.28. The third-order valence-corrected chi connectivity index (χ3v) is 8.75. The molecule has 222 valence electrons. The molecule has 2 aromatic rings. The average molecular weight is 549 g/mol. The fourth-order valence-electron chi connectivity index (χ4n) is 6.09. The van der Waals surface area contributed by atoms with Crippen LogP contribution in [0.2, 0.25) is 0 Å². The van der Waals surface area contributed by atoms with Gasteiger partial charge in [-0.05, 0) is 79.5 Å². The van der Waals surface area contributed by atoms with Gasteiger partial charge in [0, 0.05) is 0 Å². The van der Waals surface area contributed by atoms with Crippen molar-refractivity contribution in [2.24, 2.45) is 11.8 Å². The highest BCUT2D eigenvalue weighted by molar-refractivity contribution is 5.91. The Kier molecular flexibility index (Phi) is 15.9. The van der Waals surface area contributed by atoms with Crippen molar-refractivity contribution in [2.45, 2.75) is 136 Å². The Balaban J connectivity index is 1.26. The molecule has 0 N–H and O–H groups in total. The number of carbonyl (C=O) groups excluding carboxylic acids is 1. The Morgan fingerprint density at radius 2 is 1.15 bits per heavy atom. The predicted octanol–water partition coefficient (Wildman–Crippen LogP) is 11.1. The molecule has 2 aromatic carbocycles. The fraction of sp³-hybridized carbons (Fsp3) is 0.649. The van der Waals surface area contributed by atoms with Crippen molar-refractivity contribution in [3.05, 3.63) is 59.7 Å². The number of rotatable bonds is 20. The summed E-state index contributed by atoms with van der Waals surface area (Å²) in [5, 5.41) is 0. The lowest BCUT2D eigenvalue weighted by atomic mass is 9.78. The van der Waals surface area contributed by atoms with E-state index in [1.54, 1.807) is 12.1 Å². The molecule has 40 heavy (non-hydrogen) atoms. The minimum Gasteiger partial charge on any atom is -0.494 e. The zero-order valence-electron chi connectivity index (χ0n) is 25.6. The summed E-state index contributed by atoms with van der Waals surface area (Å²) in [6.45, 7) is 5.28. The van der Waals surface area contributed by atoms with Crippen molar-refractivity contribution in [2.75, 3.05) is 6.61 Å². The van der Waals surface area contributed by atoms with Crippen molar-refractivity contribution in [3.8, 4) is 11.5 Å². The second-order valence-corrected chi connectivity index (χ2v) is 12.2. The molecule has 0 aromatic heterocycles. The van der Waals surface area contributed by atoms with Crippen LogP contribution in [0.5, 0.6) is 11.5 Å². The second-order valence-electron chi connectivity index (χ2n) is 12.2. The maximum Gasteiger partial charge on any atom is 0.343 e. The predicted molar refractivity (Wildman–Crippen MR) is 168 cm³/mol. The molecule has 0 heterocycles. The number of carbonyl (C=O) groups is 1. The highest BCUT2D eigenvalue weighted by Crippen LogP contribution is 2.34. The van der Waals surface area contributed by atoms with Crippen LogP contribution in [-0.2, 0) is 6.42 Å². The third kappa shape index (κ3) is 12.9. The molecule has 1 aliphatic rings. The lowest BCUT2D eigenvalue weighted by Crippen LogP contribution is -2.15. The standard InChI is InChI=1S/C37H56O3/c1-3-5-7-9-11-13-16-32-22-26-36(27-23-32)40-37(38)34-24-28-35(29-25-34)39-30-14-17-33-20-18-31(19-21-33)15-12-10-8-6-4-2/h22-29,31,33H,3-21,30H2,1-2H3/t31-,33-. The quantitative estimate of drug-likeness (QED) is 0.0937.